The maximum atomic E-state index is 11.7. The molecule has 0 spiro atoms. The van der Waals surface area contributed by atoms with Gasteiger partial charge >= 0.3 is 0 Å². The number of rotatable bonds is 9. The van der Waals surface area contributed by atoms with Crippen LogP contribution in [0.2, 0.25) is 0 Å². The number of carbonyl (C=O) groups excluding carboxylic acids is 1. The maximum absolute atomic E-state index is 11.7. The molecule has 2 N–H and O–H groups in total. The molecule has 4 nitrogen and oxygen atoms in total. The normalized spacial score (nSPS) is 16.1. The van der Waals surface area contributed by atoms with Gasteiger partial charge in [0, 0.05) is 37.4 Å². The van der Waals surface area contributed by atoms with Crippen molar-refractivity contribution in [3.8, 4) is 0 Å². The number of nitrogens with one attached hydrogen (secondary N) is 2. The van der Waals surface area contributed by atoms with Crippen molar-refractivity contribution in [2.45, 2.75) is 64.6 Å². The van der Waals surface area contributed by atoms with Crippen LogP contribution >= 0.6 is 0 Å². The summed E-state index contributed by atoms with van der Waals surface area (Å²) in [5.74, 6) is 0.180. The lowest BCUT2D eigenvalue weighted by molar-refractivity contribution is -0.121. The van der Waals surface area contributed by atoms with Crippen LogP contribution in [0.1, 0.15) is 57.6 Å². The Morgan fingerprint density at radius 1 is 1.45 bits per heavy atom. The van der Waals surface area contributed by atoms with Gasteiger partial charge in [-0.3, -0.25) is 4.79 Å². The van der Waals surface area contributed by atoms with Crippen molar-refractivity contribution in [2.75, 3.05) is 6.54 Å². The molecule has 4 heteroatoms. The summed E-state index contributed by atoms with van der Waals surface area (Å²) < 4.78 is 2.13. The average molecular weight is 277 g/mol. The minimum Gasteiger partial charge on any atom is -0.353 e. The monoisotopic (exact) mass is 277 g/mol. The number of hydrogen-bond acceptors (Lipinski definition) is 2. The van der Waals surface area contributed by atoms with Gasteiger partial charge in [-0.1, -0.05) is 20.3 Å². The number of hydrogen-bond donors (Lipinski definition) is 2. The van der Waals surface area contributed by atoms with Crippen molar-refractivity contribution in [2.24, 2.45) is 0 Å². The molecule has 1 aliphatic carbocycles. The summed E-state index contributed by atoms with van der Waals surface area (Å²) in [7, 11) is 0. The first-order valence-electron chi connectivity index (χ1n) is 7.91. The lowest BCUT2D eigenvalue weighted by atomic mass is 10.1. The van der Waals surface area contributed by atoms with Crippen LogP contribution in [0.15, 0.2) is 18.5 Å². The van der Waals surface area contributed by atoms with Crippen LogP contribution in [0.5, 0.6) is 0 Å². The van der Waals surface area contributed by atoms with Crippen molar-refractivity contribution >= 4 is 5.91 Å². The second kappa shape index (κ2) is 7.48. The highest BCUT2D eigenvalue weighted by Gasteiger charge is 2.22. The van der Waals surface area contributed by atoms with E-state index in [0.29, 0.717) is 18.5 Å². The van der Waals surface area contributed by atoms with Gasteiger partial charge in [0.15, 0.2) is 0 Å². The van der Waals surface area contributed by atoms with E-state index in [9.17, 15) is 4.79 Å². The van der Waals surface area contributed by atoms with Gasteiger partial charge in [0.1, 0.15) is 0 Å². The Kier molecular flexibility index (Phi) is 5.65. The molecule has 1 heterocycles. The molecule has 1 amide bonds. The maximum Gasteiger partial charge on any atom is 0.222 e. The summed E-state index contributed by atoms with van der Waals surface area (Å²) in [6, 6.07) is 3.07. The number of aromatic nitrogens is 1. The molecule has 1 unspecified atom stereocenters. The van der Waals surface area contributed by atoms with E-state index in [0.717, 1.165) is 32.4 Å². The van der Waals surface area contributed by atoms with E-state index in [4.69, 9.17) is 0 Å². The highest BCUT2D eigenvalue weighted by molar-refractivity contribution is 5.76. The molecule has 1 fully saturated rings. The summed E-state index contributed by atoms with van der Waals surface area (Å²) in [6.07, 6.45) is 9.46. The predicted molar refractivity (Wildman–Crippen MR) is 81.5 cm³/mol. The van der Waals surface area contributed by atoms with Gasteiger partial charge in [0.2, 0.25) is 5.91 Å². The van der Waals surface area contributed by atoms with E-state index in [1.165, 1.54) is 12.0 Å². The molecule has 1 aromatic heterocycles. The smallest absolute Gasteiger partial charge is 0.222 e. The Balaban J connectivity index is 1.81. The minimum absolute atomic E-state index is 0.180. The molecule has 20 heavy (non-hydrogen) atoms. The van der Waals surface area contributed by atoms with E-state index < -0.39 is 0 Å². The van der Waals surface area contributed by atoms with E-state index in [-0.39, 0.29) is 5.91 Å². The third-order valence-corrected chi connectivity index (χ3v) is 3.74. The average Bonchev–Trinajstić information content (AvgIpc) is 3.11. The lowest BCUT2D eigenvalue weighted by Crippen LogP contribution is -2.26. The fraction of sp³-hybridized carbons (Fsp3) is 0.688. The first-order valence-corrected chi connectivity index (χ1v) is 7.91. The van der Waals surface area contributed by atoms with Crippen molar-refractivity contribution in [3.05, 3.63) is 24.0 Å². The molecular formula is C16H27N3O. The van der Waals surface area contributed by atoms with E-state index in [1.54, 1.807) is 0 Å². The topological polar surface area (TPSA) is 46.1 Å². The van der Waals surface area contributed by atoms with Crippen LogP contribution in [0, 0.1) is 0 Å². The number of amides is 1. The van der Waals surface area contributed by atoms with Gasteiger partial charge in [-0.05, 0) is 37.4 Å². The second-order valence-electron chi connectivity index (χ2n) is 5.67. The van der Waals surface area contributed by atoms with Gasteiger partial charge in [-0.25, -0.2) is 0 Å². The summed E-state index contributed by atoms with van der Waals surface area (Å²) >= 11 is 0. The zero-order chi connectivity index (χ0) is 14.4. The number of carbonyl (C=O) groups is 1. The molecule has 1 aliphatic rings. The molecule has 2 rings (SSSR count). The summed E-state index contributed by atoms with van der Waals surface area (Å²) in [5.41, 5.74) is 1.33. The third kappa shape index (κ3) is 4.67. The van der Waals surface area contributed by atoms with Gasteiger partial charge in [-0.15, -0.1) is 0 Å². The SMILES string of the molecule is CCCC(NCC)c1ccn(CCC(=O)NC2CC2)c1. The highest BCUT2D eigenvalue weighted by atomic mass is 16.1. The van der Waals surface area contributed by atoms with E-state index >= 15 is 0 Å². The molecular weight excluding hydrogens is 250 g/mol. The van der Waals surface area contributed by atoms with Gasteiger partial charge in [0.25, 0.3) is 0 Å². The van der Waals surface area contributed by atoms with Crippen LogP contribution in [-0.4, -0.2) is 23.1 Å². The largest absolute Gasteiger partial charge is 0.353 e. The van der Waals surface area contributed by atoms with Crippen LogP contribution in [0.4, 0.5) is 0 Å². The molecule has 0 aromatic carbocycles. The minimum atomic E-state index is 0.180. The first kappa shape index (κ1) is 15.1. The summed E-state index contributed by atoms with van der Waals surface area (Å²) in [4.78, 5) is 11.7. The molecule has 1 aromatic rings. The Labute approximate surface area is 121 Å². The Hall–Kier alpha value is -1.29. The molecule has 0 bridgehead atoms. The van der Waals surface area contributed by atoms with Gasteiger partial charge < -0.3 is 15.2 Å². The summed E-state index contributed by atoms with van der Waals surface area (Å²) in [6.45, 7) is 6.11. The number of aryl methyl sites for hydroxylation is 1. The van der Waals surface area contributed by atoms with Gasteiger partial charge in [-0.2, -0.15) is 0 Å². The molecule has 1 atom stereocenters. The predicted octanol–water partition coefficient (Wildman–Crippen LogP) is 2.61. The van der Waals surface area contributed by atoms with Crippen molar-refractivity contribution < 1.29 is 4.79 Å². The Morgan fingerprint density at radius 2 is 2.25 bits per heavy atom. The Bertz CT molecular complexity index is 417. The second-order valence-corrected chi connectivity index (χ2v) is 5.67. The Morgan fingerprint density at radius 3 is 2.90 bits per heavy atom. The molecule has 0 saturated heterocycles. The van der Waals surface area contributed by atoms with E-state index in [2.05, 4.69) is 47.5 Å². The number of nitrogens with zero attached hydrogens (tertiary/aromatic N) is 1. The van der Waals surface area contributed by atoms with Crippen LogP contribution in [-0.2, 0) is 11.3 Å². The molecule has 1 saturated carbocycles. The van der Waals surface area contributed by atoms with E-state index in [1.807, 2.05) is 0 Å². The zero-order valence-corrected chi connectivity index (χ0v) is 12.7. The lowest BCUT2D eigenvalue weighted by Gasteiger charge is -2.15. The quantitative estimate of drug-likeness (QED) is 0.729. The third-order valence-electron chi connectivity index (χ3n) is 3.74. The van der Waals surface area contributed by atoms with Crippen molar-refractivity contribution in [3.63, 3.8) is 0 Å². The van der Waals surface area contributed by atoms with Crippen molar-refractivity contribution in [1.29, 1.82) is 0 Å². The summed E-state index contributed by atoms with van der Waals surface area (Å²) in [5, 5.41) is 6.55. The molecule has 0 aliphatic heterocycles. The van der Waals surface area contributed by atoms with Crippen LogP contribution < -0.4 is 10.6 Å². The zero-order valence-electron chi connectivity index (χ0n) is 12.7. The van der Waals surface area contributed by atoms with Crippen LogP contribution in [0.25, 0.3) is 0 Å². The van der Waals surface area contributed by atoms with Gasteiger partial charge in [0.05, 0.1) is 0 Å². The fourth-order valence-electron chi connectivity index (χ4n) is 2.48. The standard InChI is InChI=1S/C16H27N3O/c1-3-5-15(17-4-2)13-8-10-19(12-13)11-9-16(20)18-14-6-7-14/h8,10,12,14-15,17H,3-7,9,11H2,1-2H3,(H,18,20). The van der Waals surface area contributed by atoms with Crippen LogP contribution in [0.3, 0.4) is 0 Å². The van der Waals surface area contributed by atoms with Crippen molar-refractivity contribution in [1.82, 2.24) is 15.2 Å². The fourth-order valence-corrected chi connectivity index (χ4v) is 2.48. The highest BCUT2D eigenvalue weighted by Crippen LogP contribution is 2.20. The first-order chi connectivity index (χ1) is 9.72. The molecule has 112 valence electrons. The molecule has 0 radical (unpaired) electrons.